The second-order valence-corrected chi connectivity index (χ2v) is 6.58. The van der Waals surface area contributed by atoms with Gasteiger partial charge in [-0.1, -0.05) is 54.1 Å². The molecule has 0 unspecified atom stereocenters. The van der Waals surface area contributed by atoms with Crippen LogP contribution in [0.5, 0.6) is 5.88 Å². The third-order valence-electron chi connectivity index (χ3n) is 4.36. The van der Waals surface area contributed by atoms with Crippen LogP contribution in [0.25, 0.3) is 10.8 Å². The lowest BCUT2D eigenvalue weighted by Crippen LogP contribution is -2.48. The number of rotatable bonds is 5. The summed E-state index contributed by atoms with van der Waals surface area (Å²) in [6.07, 6.45) is 3.10. The standard InChI is InChI=1S/C19H18ClN3O/c20-18-8-21-9-19(22-18)24-13-14-10-23(11-14)12-16-6-3-5-15-4-1-2-7-17(15)16/h1-9,14H,10-13H2. The molecule has 0 aliphatic carbocycles. The van der Waals surface area contributed by atoms with Gasteiger partial charge in [0.2, 0.25) is 5.88 Å². The highest BCUT2D eigenvalue weighted by molar-refractivity contribution is 6.29. The predicted octanol–water partition coefficient (Wildman–Crippen LogP) is 3.79. The minimum absolute atomic E-state index is 0.360. The van der Waals surface area contributed by atoms with E-state index in [1.54, 1.807) is 6.20 Å². The lowest BCUT2D eigenvalue weighted by Gasteiger charge is -2.39. The van der Waals surface area contributed by atoms with Gasteiger partial charge in [0.25, 0.3) is 0 Å². The van der Waals surface area contributed by atoms with Gasteiger partial charge in [0.15, 0.2) is 5.15 Å². The summed E-state index contributed by atoms with van der Waals surface area (Å²) in [6, 6.07) is 15.1. The maximum absolute atomic E-state index is 5.81. The van der Waals surface area contributed by atoms with E-state index in [0.29, 0.717) is 23.6 Å². The molecular weight excluding hydrogens is 322 g/mol. The van der Waals surface area contributed by atoms with Crippen LogP contribution >= 0.6 is 11.6 Å². The maximum Gasteiger partial charge on any atom is 0.233 e. The van der Waals surface area contributed by atoms with E-state index in [-0.39, 0.29) is 0 Å². The largest absolute Gasteiger partial charge is 0.476 e. The molecule has 1 saturated heterocycles. The van der Waals surface area contributed by atoms with Gasteiger partial charge in [0, 0.05) is 25.6 Å². The molecule has 4 nitrogen and oxygen atoms in total. The Morgan fingerprint density at radius 1 is 1.08 bits per heavy atom. The molecule has 0 saturated carbocycles. The Hall–Kier alpha value is -2.17. The summed E-state index contributed by atoms with van der Waals surface area (Å²) in [5.41, 5.74) is 1.38. The first kappa shape index (κ1) is 15.4. The monoisotopic (exact) mass is 339 g/mol. The van der Waals surface area contributed by atoms with Crippen molar-refractivity contribution < 1.29 is 4.74 Å². The lowest BCUT2D eigenvalue weighted by molar-refractivity contribution is 0.0546. The second kappa shape index (κ2) is 6.75. The van der Waals surface area contributed by atoms with Gasteiger partial charge >= 0.3 is 0 Å². The molecule has 2 aromatic carbocycles. The summed E-state index contributed by atoms with van der Waals surface area (Å²) < 4.78 is 5.67. The molecule has 0 amide bonds. The zero-order valence-corrected chi connectivity index (χ0v) is 14.0. The lowest BCUT2D eigenvalue weighted by atomic mass is 9.98. The number of hydrogen-bond donors (Lipinski definition) is 0. The smallest absolute Gasteiger partial charge is 0.233 e. The highest BCUT2D eigenvalue weighted by Gasteiger charge is 2.27. The maximum atomic E-state index is 5.81. The number of hydrogen-bond acceptors (Lipinski definition) is 4. The molecule has 0 spiro atoms. The number of aromatic nitrogens is 2. The molecular formula is C19H18ClN3O. The minimum atomic E-state index is 0.360. The van der Waals surface area contributed by atoms with E-state index in [0.717, 1.165) is 19.6 Å². The van der Waals surface area contributed by atoms with Crippen molar-refractivity contribution in [1.82, 2.24) is 14.9 Å². The van der Waals surface area contributed by atoms with Crippen LogP contribution in [0.4, 0.5) is 0 Å². The molecule has 122 valence electrons. The van der Waals surface area contributed by atoms with Gasteiger partial charge in [-0.3, -0.25) is 9.88 Å². The molecule has 1 aliphatic rings. The highest BCUT2D eigenvalue weighted by Crippen LogP contribution is 2.24. The van der Waals surface area contributed by atoms with Gasteiger partial charge in [0.05, 0.1) is 19.0 Å². The average Bonchev–Trinajstić information content (AvgIpc) is 2.57. The van der Waals surface area contributed by atoms with Crippen LogP contribution in [0.15, 0.2) is 54.9 Å². The molecule has 0 radical (unpaired) electrons. The molecule has 3 aromatic rings. The van der Waals surface area contributed by atoms with E-state index < -0.39 is 0 Å². The van der Waals surface area contributed by atoms with E-state index in [1.807, 2.05) is 0 Å². The first-order chi connectivity index (χ1) is 11.8. The summed E-state index contributed by atoms with van der Waals surface area (Å²) >= 11 is 5.81. The summed E-state index contributed by atoms with van der Waals surface area (Å²) in [5, 5.41) is 3.00. The Morgan fingerprint density at radius 3 is 2.79 bits per heavy atom. The quantitative estimate of drug-likeness (QED) is 0.708. The summed E-state index contributed by atoms with van der Waals surface area (Å²) in [5.74, 6) is 1.02. The number of benzene rings is 2. The van der Waals surface area contributed by atoms with Crippen LogP contribution in [0, 0.1) is 5.92 Å². The number of fused-ring (bicyclic) bond motifs is 1. The molecule has 1 fully saturated rings. The third kappa shape index (κ3) is 3.35. The zero-order chi connectivity index (χ0) is 16.4. The Labute approximate surface area is 146 Å². The van der Waals surface area contributed by atoms with Gasteiger partial charge in [-0.15, -0.1) is 0 Å². The zero-order valence-electron chi connectivity index (χ0n) is 13.2. The predicted molar refractivity (Wildman–Crippen MR) is 95.3 cm³/mol. The molecule has 1 aliphatic heterocycles. The molecule has 5 heteroatoms. The first-order valence-electron chi connectivity index (χ1n) is 8.07. The van der Waals surface area contributed by atoms with Crippen molar-refractivity contribution in [2.75, 3.05) is 19.7 Å². The number of likely N-dealkylation sites (tertiary alicyclic amines) is 1. The van der Waals surface area contributed by atoms with Crippen LogP contribution in [0.2, 0.25) is 5.15 Å². The van der Waals surface area contributed by atoms with Crippen LogP contribution in [0.1, 0.15) is 5.56 Å². The molecule has 4 rings (SSSR count). The van der Waals surface area contributed by atoms with E-state index in [1.165, 1.54) is 22.5 Å². The van der Waals surface area contributed by atoms with Gasteiger partial charge in [-0.25, -0.2) is 0 Å². The third-order valence-corrected chi connectivity index (χ3v) is 4.54. The molecule has 0 N–H and O–H groups in total. The Bertz CT molecular complexity index is 843. The number of ether oxygens (including phenoxy) is 1. The topological polar surface area (TPSA) is 38.2 Å². The van der Waals surface area contributed by atoms with Gasteiger partial charge in [0.1, 0.15) is 0 Å². The summed E-state index contributed by atoms with van der Waals surface area (Å²) in [4.78, 5) is 10.5. The van der Waals surface area contributed by atoms with E-state index in [9.17, 15) is 0 Å². The highest BCUT2D eigenvalue weighted by atomic mass is 35.5. The van der Waals surface area contributed by atoms with E-state index in [4.69, 9.17) is 16.3 Å². The van der Waals surface area contributed by atoms with Crippen LogP contribution in [-0.4, -0.2) is 34.6 Å². The van der Waals surface area contributed by atoms with Crippen molar-refractivity contribution >= 4 is 22.4 Å². The van der Waals surface area contributed by atoms with Crippen molar-refractivity contribution in [2.45, 2.75) is 6.54 Å². The molecule has 0 atom stereocenters. The van der Waals surface area contributed by atoms with Crippen molar-refractivity contribution in [2.24, 2.45) is 5.92 Å². The van der Waals surface area contributed by atoms with E-state index in [2.05, 4.69) is 57.3 Å². The van der Waals surface area contributed by atoms with E-state index >= 15 is 0 Å². The Balaban J connectivity index is 1.31. The molecule has 1 aromatic heterocycles. The molecule has 2 heterocycles. The van der Waals surface area contributed by atoms with Crippen molar-refractivity contribution in [3.05, 3.63) is 65.6 Å². The van der Waals surface area contributed by atoms with Crippen LogP contribution in [-0.2, 0) is 6.54 Å². The van der Waals surface area contributed by atoms with Crippen molar-refractivity contribution in [3.63, 3.8) is 0 Å². The molecule has 0 bridgehead atoms. The fraction of sp³-hybridized carbons (Fsp3) is 0.263. The fourth-order valence-corrected chi connectivity index (χ4v) is 3.32. The normalized spacial score (nSPS) is 15.4. The Morgan fingerprint density at radius 2 is 1.92 bits per heavy atom. The Kier molecular flexibility index (Phi) is 4.32. The average molecular weight is 340 g/mol. The number of halogens is 1. The molecule has 24 heavy (non-hydrogen) atoms. The van der Waals surface area contributed by atoms with Gasteiger partial charge in [-0.05, 0) is 16.3 Å². The summed E-state index contributed by atoms with van der Waals surface area (Å²) in [7, 11) is 0. The van der Waals surface area contributed by atoms with Crippen molar-refractivity contribution in [3.8, 4) is 5.88 Å². The van der Waals surface area contributed by atoms with Crippen molar-refractivity contribution in [1.29, 1.82) is 0 Å². The first-order valence-corrected chi connectivity index (χ1v) is 8.45. The SMILES string of the molecule is Clc1cncc(OCC2CN(Cc3cccc4ccccc34)C2)n1. The van der Waals surface area contributed by atoms with Crippen LogP contribution < -0.4 is 4.74 Å². The van der Waals surface area contributed by atoms with Gasteiger partial charge in [-0.2, -0.15) is 4.98 Å². The minimum Gasteiger partial charge on any atom is -0.476 e. The van der Waals surface area contributed by atoms with Crippen LogP contribution in [0.3, 0.4) is 0 Å². The summed E-state index contributed by atoms with van der Waals surface area (Å²) in [6.45, 7) is 3.71. The number of nitrogens with zero attached hydrogens (tertiary/aromatic N) is 3. The fourth-order valence-electron chi connectivity index (χ4n) is 3.18. The van der Waals surface area contributed by atoms with Gasteiger partial charge < -0.3 is 4.74 Å². The second-order valence-electron chi connectivity index (χ2n) is 6.19.